The molecular formula is C27H24N6S. The standard InChI is InChI=1S/C25H18N6S.C2H6/c26-13-16-6-8-18(9-7-16)23-19(17-4-2-1-3-5-17)12-20-21(28-23)10-11-31-24(20)29-30-25(31)22-14-32-15-27-22;1-2/h1-12,14-15H,13,26H2;1-2H3. The molecule has 0 saturated heterocycles. The number of thiazole rings is 1. The topological polar surface area (TPSA) is 82.0 Å². The number of hydrogen-bond donors (Lipinski definition) is 1. The Labute approximate surface area is 201 Å². The van der Waals surface area contributed by atoms with Gasteiger partial charge in [-0.1, -0.05) is 68.4 Å². The first-order valence-electron chi connectivity index (χ1n) is 11.2. The fourth-order valence-corrected chi connectivity index (χ4v) is 4.48. The molecule has 2 N–H and O–H groups in total. The summed E-state index contributed by atoms with van der Waals surface area (Å²) in [5.41, 5.74) is 15.2. The van der Waals surface area contributed by atoms with E-state index in [0.717, 1.165) is 56.0 Å². The quantitative estimate of drug-likeness (QED) is 0.335. The molecule has 0 radical (unpaired) electrons. The molecule has 0 aliphatic carbocycles. The monoisotopic (exact) mass is 464 g/mol. The van der Waals surface area contributed by atoms with E-state index in [0.29, 0.717) is 6.54 Å². The van der Waals surface area contributed by atoms with Crippen LogP contribution in [0.3, 0.4) is 0 Å². The van der Waals surface area contributed by atoms with Gasteiger partial charge in [0, 0.05) is 34.6 Å². The van der Waals surface area contributed by atoms with Crippen molar-refractivity contribution in [3.05, 3.63) is 89.4 Å². The number of pyridine rings is 2. The molecule has 0 amide bonds. The number of nitrogens with two attached hydrogens (primary N) is 1. The Morgan fingerprint density at radius 1 is 0.912 bits per heavy atom. The molecule has 0 aliphatic heterocycles. The van der Waals surface area contributed by atoms with Gasteiger partial charge in [0.1, 0.15) is 5.69 Å². The fraction of sp³-hybridized carbons (Fsp3) is 0.111. The zero-order chi connectivity index (χ0) is 23.5. The van der Waals surface area contributed by atoms with E-state index < -0.39 is 0 Å². The average molecular weight is 465 g/mol. The third-order valence-electron chi connectivity index (χ3n) is 5.58. The molecule has 0 spiro atoms. The van der Waals surface area contributed by atoms with Crippen molar-refractivity contribution in [2.45, 2.75) is 20.4 Å². The zero-order valence-electron chi connectivity index (χ0n) is 19.0. The smallest absolute Gasteiger partial charge is 0.187 e. The van der Waals surface area contributed by atoms with Gasteiger partial charge in [-0.2, -0.15) is 0 Å². The summed E-state index contributed by atoms with van der Waals surface area (Å²) in [6.45, 7) is 4.52. The Morgan fingerprint density at radius 3 is 2.41 bits per heavy atom. The Bertz CT molecular complexity index is 1540. The number of hydrogen-bond acceptors (Lipinski definition) is 6. The lowest BCUT2D eigenvalue weighted by Gasteiger charge is -2.12. The molecule has 6 rings (SSSR count). The molecule has 0 unspecified atom stereocenters. The van der Waals surface area contributed by atoms with Crippen LogP contribution in [0, 0.1) is 0 Å². The maximum atomic E-state index is 5.79. The Hall–Kier alpha value is -3.94. The summed E-state index contributed by atoms with van der Waals surface area (Å²) in [5.74, 6) is 0.728. The van der Waals surface area contributed by atoms with Crippen LogP contribution in [0.5, 0.6) is 0 Å². The van der Waals surface area contributed by atoms with E-state index in [1.807, 2.05) is 54.1 Å². The molecular weight excluding hydrogens is 440 g/mol. The molecule has 0 fully saturated rings. The summed E-state index contributed by atoms with van der Waals surface area (Å²) in [7, 11) is 0. The van der Waals surface area contributed by atoms with Gasteiger partial charge in [0.15, 0.2) is 11.5 Å². The van der Waals surface area contributed by atoms with Gasteiger partial charge in [0.25, 0.3) is 0 Å². The van der Waals surface area contributed by atoms with Crippen LogP contribution in [0.25, 0.3) is 50.5 Å². The van der Waals surface area contributed by atoms with Gasteiger partial charge in [-0.05, 0) is 23.3 Å². The van der Waals surface area contributed by atoms with Gasteiger partial charge in [0.2, 0.25) is 0 Å². The molecule has 7 heteroatoms. The largest absolute Gasteiger partial charge is 0.326 e. The van der Waals surface area contributed by atoms with Crippen LogP contribution in [0.2, 0.25) is 0 Å². The minimum Gasteiger partial charge on any atom is -0.326 e. The molecule has 6 nitrogen and oxygen atoms in total. The van der Waals surface area contributed by atoms with Crippen molar-refractivity contribution in [1.29, 1.82) is 0 Å². The first-order chi connectivity index (χ1) is 16.8. The van der Waals surface area contributed by atoms with E-state index in [4.69, 9.17) is 10.7 Å². The summed E-state index contributed by atoms with van der Waals surface area (Å²) in [6, 6.07) is 22.7. The maximum absolute atomic E-state index is 5.79. The van der Waals surface area contributed by atoms with Gasteiger partial charge >= 0.3 is 0 Å². The minimum atomic E-state index is 0.517. The molecule has 168 valence electrons. The van der Waals surface area contributed by atoms with Crippen molar-refractivity contribution in [3.63, 3.8) is 0 Å². The molecule has 34 heavy (non-hydrogen) atoms. The Morgan fingerprint density at radius 2 is 1.71 bits per heavy atom. The lowest BCUT2D eigenvalue weighted by molar-refractivity contribution is 1.07. The molecule has 0 aliphatic rings. The highest BCUT2D eigenvalue weighted by atomic mass is 32.1. The van der Waals surface area contributed by atoms with Crippen LogP contribution in [0.4, 0.5) is 0 Å². The van der Waals surface area contributed by atoms with Crippen molar-refractivity contribution in [2.75, 3.05) is 0 Å². The second-order valence-electron chi connectivity index (χ2n) is 7.49. The number of fused-ring (bicyclic) bond motifs is 3. The highest BCUT2D eigenvalue weighted by Gasteiger charge is 2.16. The molecule has 0 atom stereocenters. The lowest BCUT2D eigenvalue weighted by atomic mass is 9.97. The SMILES string of the molecule is CC.NCc1ccc(-c2nc3ccn4c(-c5cscn5)nnc4c3cc2-c2ccccc2)cc1. The fourth-order valence-electron chi connectivity index (χ4n) is 3.95. The van der Waals surface area contributed by atoms with Gasteiger partial charge < -0.3 is 5.73 Å². The van der Waals surface area contributed by atoms with Crippen molar-refractivity contribution in [1.82, 2.24) is 24.6 Å². The van der Waals surface area contributed by atoms with E-state index in [9.17, 15) is 0 Å². The summed E-state index contributed by atoms with van der Waals surface area (Å²) in [6.07, 6.45) is 1.96. The zero-order valence-corrected chi connectivity index (χ0v) is 19.8. The van der Waals surface area contributed by atoms with E-state index in [2.05, 4.69) is 57.6 Å². The predicted octanol–water partition coefficient (Wildman–Crippen LogP) is 6.22. The van der Waals surface area contributed by atoms with Crippen LogP contribution in [0.1, 0.15) is 19.4 Å². The van der Waals surface area contributed by atoms with Gasteiger partial charge in [0.05, 0.1) is 16.7 Å². The molecule has 0 bridgehead atoms. The van der Waals surface area contributed by atoms with Gasteiger partial charge in [-0.3, -0.25) is 4.40 Å². The molecule has 0 saturated carbocycles. The molecule has 2 aromatic carbocycles. The first kappa shape index (κ1) is 21.9. The Balaban J connectivity index is 0.00000117. The third-order valence-corrected chi connectivity index (χ3v) is 6.17. The maximum Gasteiger partial charge on any atom is 0.187 e. The van der Waals surface area contributed by atoms with Gasteiger partial charge in [-0.25, -0.2) is 9.97 Å². The number of benzene rings is 2. The lowest BCUT2D eigenvalue weighted by Crippen LogP contribution is -1.97. The van der Waals surface area contributed by atoms with E-state index >= 15 is 0 Å². The highest BCUT2D eigenvalue weighted by molar-refractivity contribution is 7.07. The average Bonchev–Trinajstić information content (AvgIpc) is 3.60. The van der Waals surface area contributed by atoms with Crippen LogP contribution in [-0.2, 0) is 6.54 Å². The second-order valence-corrected chi connectivity index (χ2v) is 8.21. The molecule has 4 aromatic heterocycles. The van der Waals surface area contributed by atoms with Crippen LogP contribution < -0.4 is 5.73 Å². The number of aromatic nitrogens is 5. The summed E-state index contributed by atoms with van der Waals surface area (Å²) < 4.78 is 1.98. The number of nitrogens with zero attached hydrogens (tertiary/aromatic N) is 5. The van der Waals surface area contributed by atoms with Crippen LogP contribution in [0.15, 0.2) is 83.8 Å². The summed E-state index contributed by atoms with van der Waals surface area (Å²) in [5, 5.41) is 11.8. The van der Waals surface area contributed by atoms with E-state index in [-0.39, 0.29) is 0 Å². The second kappa shape index (κ2) is 9.51. The predicted molar refractivity (Wildman–Crippen MR) is 140 cm³/mol. The molecule has 4 heterocycles. The molecule has 6 aromatic rings. The van der Waals surface area contributed by atoms with Crippen molar-refractivity contribution in [3.8, 4) is 33.9 Å². The minimum absolute atomic E-state index is 0.517. The Kier molecular flexibility index (Phi) is 6.12. The normalized spacial score (nSPS) is 10.9. The van der Waals surface area contributed by atoms with Gasteiger partial charge in [-0.15, -0.1) is 21.5 Å². The summed E-state index contributed by atoms with van der Waals surface area (Å²) in [4.78, 5) is 9.47. The third kappa shape index (κ3) is 3.85. The van der Waals surface area contributed by atoms with Crippen molar-refractivity contribution >= 4 is 27.9 Å². The van der Waals surface area contributed by atoms with E-state index in [1.165, 1.54) is 11.3 Å². The summed E-state index contributed by atoms with van der Waals surface area (Å²) >= 11 is 1.54. The van der Waals surface area contributed by atoms with Crippen LogP contribution >= 0.6 is 11.3 Å². The van der Waals surface area contributed by atoms with Crippen molar-refractivity contribution < 1.29 is 0 Å². The first-order valence-corrected chi connectivity index (χ1v) is 12.2. The van der Waals surface area contributed by atoms with Crippen molar-refractivity contribution in [2.24, 2.45) is 5.73 Å². The highest BCUT2D eigenvalue weighted by Crippen LogP contribution is 2.35. The van der Waals surface area contributed by atoms with Crippen LogP contribution in [-0.4, -0.2) is 24.6 Å². The number of rotatable bonds is 4. The van der Waals surface area contributed by atoms with E-state index in [1.54, 1.807) is 5.51 Å².